The van der Waals surface area contributed by atoms with Gasteiger partial charge in [0.2, 0.25) is 11.8 Å². The molecule has 27 heavy (non-hydrogen) atoms. The van der Waals surface area contributed by atoms with Gasteiger partial charge >= 0.3 is 0 Å². The summed E-state index contributed by atoms with van der Waals surface area (Å²) in [5.74, 6) is 0.635. The second-order valence-electron chi connectivity index (χ2n) is 5.66. The van der Waals surface area contributed by atoms with Gasteiger partial charge in [0.1, 0.15) is 11.3 Å². The number of rotatable bonds is 4. The lowest BCUT2D eigenvalue weighted by Crippen LogP contribution is -2.07. The van der Waals surface area contributed by atoms with Gasteiger partial charge in [-0.1, -0.05) is 23.2 Å². The molecule has 0 radical (unpaired) electrons. The SMILES string of the molecule is O=C(C=Cc1ccco1)Nc1ccc(Cl)c(-c2nc3cc(Cl)ccc3o2)c1. The van der Waals surface area contributed by atoms with Crippen molar-refractivity contribution >= 4 is 52.0 Å². The summed E-state index contributed by atoms with van der Waals surface area (Å²) >= 11 is 12.3. The van der Waals surface area contributed by atoms with E-state index in [-0.39, 0.29) is 5.91 Å². The molecule has 0 fully saturated rings. The molecule has 0 bridgehead atoms. The number of amides is 1. The van der Waals surface area contributed by atoms with E-state index in [1.54, 1.807) is 54.6 Å². The van der Waals surface area contributed by atoms with E-state index >= 15 is 0 Å². The summed E-state index contributed by atoms with van der Waals surface area (Å²) in [5, 5.41) is 3.79. The van der Waals surface area contributed by atoms with E-state index in [1.807, 2.05) is 0 Å². The summed E-state index contributed by atoms with van der Waals surface area (Å²) < 4.78 is 10.9. The topological polar surface area (TPSA) is 68.3 Å². The molecule has 2 aromatic heterocycles. The Balaban J connectivity index is 1.59. The van der Waals surface area contributed by atoms with Gasteiger partial charge in [0.05, 0.1) is 16.8 Å². The largest absolute Gasteiger partial charge is 0.465 e. The van der Waals surface area contributed by atoms with Gasteiger partial charge in [-0.25, -0.2) is 4.98 Å². The fourth-order valence-corrected chi connectivity index (χ4v) is 2.88. The van der Waals surface area contributed by atoms with Crippen LogP contribution in [0.3, 0.4) is 0 Å². The van der Waals surface area contributed by atoms with Crippen LogP contribution in [0.5, 0.6) is 0 Å². The molecular formula is C20H12Cl2N2O3. The highest BCUT2D eigenvalue weighted by atomic mass is 35.5. The Morgan fingerprint density at radius 3 is 2.81 bits per heavy atom. The molecule has 0 aliphatic heterocycles. The van der Waals surface area contributed by atoms with Gasteiger partial charge in [0.25, 0.3) is 0 Å². The van der Waals surface area contributed by atoms with Gasteiger partial charge in [-0.15, -0.1) is 0 Å². The lowest BCUT2D eigenvalue weighted by molar-refractivity contribution is -0.111. The van der Waals surface area contributed by atoms with E-state index < -0.39 is 0 Å². The second-order valence-corrected chi connectivity index (χ2v) is 6.51. The molecule has 0 aliphatic rings. The Hall–Kier alpha value is -3.02. The number of nitrogens with one attached hydrogen (secondary N) is 1. The van der Waals surface area contributed by atoms with Crippen LogP contribution < -0.4 is 5.32 Å². The number of hydrogen-bond acceptors (Lipinski definition) is 4. The van der Waals surface area contributed by atoms with Crippen molar-refractivity contribution in [1.29, 1.82) is 0 Å². The molecule has 0 aliphatic carbocycles. The molecule has 0 saturated heterocycles. The van der Waals surface area contributed by atoms with Crippen LogP contribution in [0.4, 0.5) is 5.69 Å². The van der Waals surface area contributed by atoms with Gasteiger partial charge < -0.3 is 14.2 Å². The van der Waals surface area contributed by atoms with Gasteiger partial charge in [-0.05, 0) is 54.6 Å². The molecule has 1 amide bonds. The molecule has 2 aromatic carbocycles. The number of fused-ring (bicyclic) bond motifs is 1. The van der Waals surface area contributed by atoms with Crippen LogP contribution in [0.2, 0.25) is 10.0 Å². The van der Waals surface area contributed by atoms with Crippen molar-refractivity contribution in [3.63, 3.8) is 0 Å². The average molecular weight is 399 g/mol. The Morgan fingerprint density at radius 1 is 1.11 bits per heavy atom. The molecule has 7 heteroatoms. The van der Waals surface area contributed by atoms with E-state index in [4.69, 9.17) is 32.0 Å². The molecule has 1 N–H and O–H groups in total. The van der Waals surface area contributed by atoms with Gasteiger partial charge in [0.15, 0.2) is 5.58 Å². The quantitative estimate of drug-likeness (QED) is 0.425. The minimum Gasteiger partial charge on any atom is -0.465 e. The van der Waals surface area contributed by atoms with Crippen LogP contribution in [-0.4, -0.2) is 10.9 Å². The first-order valence-corrected chi connectivity index (χ1v) is 8.73. The predicted molar refractivity (Wildman–Crippen MR) is 106 cm³/mol. The standard InChI is InChI=1S/C20H12Cl2N2O3/c21-12-3-7-18-17(10-12)24-20(27-18)15-11-13(4-6-16(15)22)23-19(25)8-5-14-2-1-9-26-14/h1-11H,(H,23,25). The average Bonchev–Trinajstić information content (AvgIpc) is 3.30. The molecular weight excluding hydrogens is 387 g/mol. The van der Waals surface area contributed by atoms with Crippen LogP contribution in [-0.2, 0) is 4.79 Å². The first kappa shape index (κ1) is 17.4. The molecule has 4 aromatic rings. The van der Waals surface area contributed by atoms with Crippen molar-refractivity contribution in [1.82, 2.24) is 4.98 Å². The maximum atomic E-state index is 12.1. The van der Waals surface area contributed by atoms with Crippen LogP contribution in [0, 0.1) is 0 Å². The number of halogens is 2. The predicted octanol–water partition coefficient (Wildman–Crippen LogP) is 6.05. The molecule has 4 rings (SSSR count). The molecule has 134 valence electrons. The number of aromatic nitrogens is 1. The normalized spacial score (nSPS) is 11.3. The summed E-state index contributed by atoms with van der Waals surface area (Å²) in [4.78, 5) is 16.5. The highest BCUT2D eigenvalue weighted by Gasteiger charge is 2.13. The molecule has 0 spiro atoms. The number of oxazole rings is 1. The van der Waals surface area contributed by atoms with Crippen LogP contribution in [0.1, 0.15) is 5.76 Å². The number of carbonyl (C=O) groups excluding carboxylic acids is 1. The van der Waals surface area contributed by atoms with Crippen molar-refractivity contribution in [2.24, 2.45) is 0 Å². The van der Waals surface area contributed by atoms with Gasteiger partial charge in [-0.3, -0.25) is 4.79 Å². The Morgan fingerprint density at radius 2 is 2.00 bits per heavy atom. The number of anilines is 1. The number of benzene rings is 2. The molecule has 2 heterocycles. The Bertz CT molecular complexity index is 1150. The van der Waals surface area contributed by atoms with E-state index in [2.05, 4.69) is 10.3 Å². The highest BCUT2D eigenvalue weighted by molar-refractivity contribution is 6.33. The van der Waals surface area contributed by atoms with Gasteiger partial charge in [-0.2, -0.15) is 0 Å². The lowest BCUT2D eigenvalue weighted by Gasteiger charge is -2.05. The zero-order valence-corrected chi connectivity index (χ0v) is 15.3. The Labute approximate surface area is 164 Å². The minimum absolute atomic E-state index is 0.302. The number of furan rings is 1. The highest BCUT2D eigenvalue weighted by Crippen LogP contribution is 2.33. The molecule has 0 unspecified atom stereocenters. The van der Waals surface area contributed by atoms with Crippen molar-refractivity contribution < 1.29 is 13.6 Å². The van der Waals surface area contributed by atoms with Crippen LogP contribution in [0.25, 0.3) is 28.6 Å². The maximum absolute atomic E-state index is 12.1. The number of carbonyl (C=O) groups is 1. The monoisotopic (exact) mass is 398 g/mol. The van der Waals surface area contributed by atoms with E-state index in [9.17, 15) is 4.79 Å². The van der Waals surface area contributed by atoms with Crippen LogP contribution in [0.15, 0.2) is 69.7 Å². The number of nitrogens with zero attached hydrogens (tertiary/aromatic N) is 1. The fraction of sp³-hybridized carbons (Fsp3) is 0. The maximum Gasteiger partial charge on any atom is 0.248 e. The smallest absolute Gasteiger partial charge is 0.248 e. The fourth-order valence-electron chi connectivity index (χ4n) is 2.51. The summed E-state index contributed by atoms with van der Waals surface area (Å²) in [5.41, 5.74) is 2.35. The zero-order valence-electron chi connectivity index (χ0n) is 13.8. The second kappa shape index (κ2) is 7.31. The summed E-state index contributed by atoms with van der Waals surface area (Å²) in [6.07, 6.45) is 4.50. The number of hydrogen-bond donors (Lipinski definition) is 1. The van der Waals surface area contributed by atoms with Crippen molar-refractivity contribution in [3.05, 3.63) is 76.7 Å². The van der Waals surface area contributed by atoms with E-state index in [0.717, 1.165) is 0 Å². The third kappa shape index (κ3) is 3.89. The van der Waals surface area contributed by atoms with E-state index in [0.29, 0.717) is 44.0 Å². The van der Waals surface area contributed by atoms with Gasteiger partial charge in [0, 0.05) is 16.8 Å². The minimum atomic E-state index is -0.302. The summed E-state index contributed by atoms with van der Waals surface area (Å²) in [6, 6.07) is 13.8. The third-order valence-electron chi connectivity index (χ3n) is 3.76. The summed E-state index contributed by atoms with van der Waals surface area (Å²) in [6.45, 7) is 0. The Kier molecular flexibility index (Phi) is 4.71. The van der Waals surface area contributed by atoms with Crippen molar-refractivity contribution in [3.8, 4) is 11.5 Å². The first-order chi connectivity index (χ1) is 13.1. The summed E-state index contributed by atoms with van der Waals surface area (Å²) in [7, 11) is 0. The molecule has 0 saturated carbocycles. The zero-order chi connectivity index (χ0) is 18.8. The first-order valence-electron chi connectivity index (χ1n) is 7.97. The van der Waals surface area contributed by atoms with E-state index in [1.165, 1.54) is 12.3 Å². The third-order valence-corrected chi connectivity index (χ3v) is 4.32. The van der Waals surface area contributed by atoms with Crippen molar-refractivity contribution in [2.75, 3.05) is 5.32 Å². The molecule has 5 nitrogen and oxygen atoms in total. The lowest BCUT2D eigenvalue weighted by atomic mass is 10.2. The molecule has 0 atom stereocenters. The van der Waals surface area contributed by atoms with Crippen LogP contribution >= 0.6 is 23.2 Å². The van der Waals surface area contributed by atoms with Crippen molar-refractivity contribution in [2.45, 2.75) is 0 Å².